The first-order chi connectivity index (χ1) is 9.88. The number of carbonyl (C=O) groups excluding carboxylic acids is 2. The van der Waals surface area contributed by atoms with E-state index in [1.807, 2.05) is 0 Å². The molecule has 4 fully saturated rings. The Morgan fingerprint density at radius 2 is 1.48 bits per heavy atom. The average Bonchev–Trinajstić information content (AvgIpc) is 2.35. The minimum atomic E-state index is -0.653. The van der Waals surface area contributed by atoms with Gasteiger partial charge in [-0.2, -0.15) is 0 Å². The number of urea groups is 1. The summed E-state index contributed by atoms with van der Waals surface area (Å²) in [6.07, 6.45) is 7.99. The molecule has 4 aliphatic rings. The second-order valence-corrected chi connectivity index (χ2v) is 7.74. The van der Waals surface area contributed by atoms with E-state index in [1.165, 1.54) is 38.5 Å². The van der Waals surface area contributed by atoms with Gasteiger partial charge in [0.25, 0.3) is 0 Å². The molecule has 5 heteroatoms. The second kappa shape index (κ2) is 5.18. The first-order valence-corrected chi connectivity index (χ1v) is 8.24. The van der Waals surface area contributed by atoms with Crippen LogP contribution in [0.15, 0.2) is 0 Å². The van der Waals surface area contributed by atoms with Crippen molar-refractivity contribution in [1.29, 1.82) is 0 Å². The third-order valence-electron chi connectivity index (χ3n) is 6.11. The van der Waals surface area contributed by atoms with E-state index in [4.69, 9.17) is 5.73 Å². The molecule has 4 N–H and O–H groups in total. The van der Waals surface area contributed by atoms with Gasteiger partial charge in [0.15, 0.2) is 0 Å². The van der Waals surface area contributed by atoms with Crippen LogP contribution in [0, 0.1) is 23.2 Å². The number of rotatable bonds is 4. The van der Waals surface area contributed by atoms with Gasteiger partial charge in [-0.15, -0.1) is 0 Å². The standard InChI is InChI=1S/C16H27N3O2/c1-9(18-15(17)21)14(20)19-10(2)16-6-11-3-12(7-16)5-13(4-11)8-16/h9-13H,3-8H2,1-2H3,(H,19,20)(H3,17,18,21). The van der Waals surface area contributed by atoms with Crippen molar-refractivity contribution in [3.05, 3.63) is 0 Å². The highest BCUT2D eigenvalue weighted by molar-refractivity contribution is 5.86. The molecule has 118 valence electrons. The van der Waals surface area contributed by atoms with Gasteiger partial charge in [0, 0.05) is 6.04 Å². The van der Waals surface area contributed by atoms with Crippen molar-refractivity contribution < 1.29 is 9.59 Å². The molecule has 5 nitrogen and oxygen atoms in total. The number of nitrogens with one attached hydrogen (secondary N) is 2. The maximum Gasteiger partial charge on any atom is 0.312 e. The topological polar surface area (TPSA) is 84.2 Å². The molecule has 4 saturated carbocycles. The molecule has 4 bridgehead atoms. The lowest BCUT2D eigenvalue weighted by atomic mass is 9.48. The maximum atomic E-state index is 12.2. The van der Waals surface area contributed by atoms with E-state index in [0.717, 1.165) is 17.8 Å². The Kier molecular flexibility index (Phi) is 3.62. The molecule has 3 amide bonds. The molecular formula is C16H27N3O2. The van der Waals surface area contributed by atoms with E-state index in [1.54, 1.807) is 6.92 Å². The zero-order chi connectivity index (χ0) is 15.2. The smallest absolute Gasteiger partial charge is 0.312 e. The van der Waals surface area contributed by atoms with E-state index in [0.29, 0.717) is 0 Å². The summed E-state index contributed by atoms with van der Waals surface area (Å²) in [7, 11) is 0. The molecule has 0 heterocycles. The van der Waals surface area contributed by atoms with Crippen LogP contribution in [0.4, 0.5) is 4.79 Å². The first kappa shape index (κ1) is 14.7. The Bertz CT molecular complexity index is 414. The highest BCUT2D eigenvalue weighted by atomic mass is 16.2. The third-order valence-corrected chi connectivity index (χ3v) is 6.11. The highest BCUT2D eigenvalue weighted by Crippen LogP contribution is 2.61. The summed E-state index contributed by atoms with van der Waals surface area (Å²) in [6, 6.07) is -1.05. The van der Waals surface area contributed by atoms with Gasteiger partial charge in [0.05, 0.1) is 0 Å². The van der Waals surface area contributed by atoms with Gasteiger partial charge in [-0.1, -0.05) is 0 Å². The van der Waals surface area contributed by atoms with Crippen LogP contribution in [0.1, 0.15) is 52.4 Å². The van der Waals surface area contributed by atoms with E-state index < -0.39 is 12.1 Å². The number of hydrogen-bond acceptors (Lipinski definition) is 2. The van der Waals surface area contributed by atoms with Crippen molar-refractivity contribution in [3.63, 3.8) is 0 Å². The normalized spacial score (nSPS) is 39.6. The monoisotopic (exact) mass is 293 g/mol. The Morgan fingerprint density at radius 1 is 1.00 bits per heavy atom. The predicted molar refractivity (Wildman–Crippen MR) is 80.4 cm³/mol. The first-order valence-electron chi connectivity index (χ1n) is 8.24. The molecule has 0 spiro atoms. The number of amides is 3. The van der Waals surface area contributed by atoms with Gasteiger partial charge < -0.3 is 16.4 Å². The molecule has 0 radical (unpaired) electrons. The number of carbonyl (C=O) groups is 2. The average molecular weight is 293 g/mol. The van der Waals surface area contributed by atoms with E-state index in [2.05, 4.69) is 17.6 Å². The van der Waals surface area contributed by atoms with Crippen LogP contribution in [-0.4, -0.2) is 24.0 Å². The summed E-state index contributed by atoms with van der Waals surface area (Å²) < 4.78 is 0. The van der Waals surface area contributed by atoms with E-state index in [9.17, 15) is 9.59 Å². The van der Waals surface area contributed by atoms with Crippen LogP contribution in [0.5, 0.6) is 0 Å². The number of primary amides is 1. The van der Waals surface area contributed by atoms with Gasteiger partial charge in [0.2, 0.25) is 5.91 Å². The van der Waals surface area contributed by atoms with Gasteiger partial charge in [-0.25, -0.2) is 4.79 Å². The summed E-state index contributed by atoms with van der Waals surface area (Å²) in [5.41, 5.74) is 5.37. The van der Waals surface area contributed by atoms with Crippen LogP contribution >= 0.6 is 0 Å². The Hall–Kier alpha value is -1.26. The fourth-order valence-corrected chi connectivity index (χ4v) is 5.48. The molecule has 4 aliphatic carbocycles. The van der Waals surface area contributed by atoms with Gasteiger partial charge in [-0.3, -0.25) is 4.79 Å². The molecule has 2 unspecified atom stereocenters. The second-order valence-electron chi connectivity index (χ2n) is 7.74. The third kappa shape index (κ3) is 2.74. The Balaban J connectivity index is 1.64. The van der Waals surface area contributed by atoms with Gasteiger partial charge in [-0.05, 0) is 75.5 Å². The van der Waals surface area contributed by atoms with Crippen LogP contribution in [0.25, 0.3) is 0 Å². The SMILES string of the molecule is CC(NC(N)=O)C(=O)NC(C)C12CC3CC(CC(C3)C1)C2. The van der Waals surface area contributed by atoms with Crippen molar-refractivity contribution in [2.45, 2.75) is 64.5 Å². The molecule has 0 aliphatic heterocycles. The van der Waals surface area contributed by atoms with E-state index >= 15 is 0 Å². The predicted octanol–water partition coefficient (Wildman–Crippen LogP) is 1.76. The molecule has 0 aromatic carbocycles. The number of hydrogen-bond donors (Lipinski definition) is 3. The molecule has 2 atom stereocenters. The zero-order valence-corrected chi connectivity index (χ0v) is 13.0. The van der Waals surface area contributed by atoms with Crippen LogP contribution in [0.3, 0.4) is 0 Å². The number of nitrogens with two attached hydrogens (primary N) is 1. The lowest BCUT2D eigenvalue weighted by molar-refractivity contribution is -0.127. The minimum Gasteiger partial charge on any atom is -0.352 e. The maximum absolute atomic E-state index is 12.2. The van der Waals surface area contributed by atoms with E-state index in [-0.39, 0.29) is 17.4 Å². The Morgan fingerprint density at radius 3 is 1.90 bits per heavy atom. The fourth-order valence-electron chi connectivity index (χ4n) is 5.48. The largest absolute Gasteiger partial charge is 0.352 e. The van der Waals surface area contributed by atoms with Crippen molar-refractivity contribution >= 4 is 11.9 Å². The van der Waals surface area contributed by atoms with Crippen LogP contribution < -0.4 is 16.4 Å². The Labute approximate surface area is 126 Å². The lowest BCUT2D eigenvalue weighted by Gasteiger charge is -2.59. The van der Waals surface area contributed by atoms with Crippen LogP contribution in [0.2, 0.25) is 0 Å². The van der Waals surface area contributed by atoms with Gasteiger partial charge in [0.1, 0.15) is 6.04 Å². The molecular weight excluding hydrogens is 266 g/mol. The van der Waals surface area contributed by atoms with Crippen molar-refractivity contribution in [2.24, 2.45) is 28.9 Å². The summed E-state index contributed by atoms with van der Waals surface area (Å²) in [6.45, 7) is 3.81. The summed E-state index contributed by atoms with van der Waals surface area (Å²) in [5.74, 6) is 2.49. The minimum absolute atomic E-state index is 0.128. The molecule has 0 aromatic rings. The lowest BCUT2D eigenvalue weighted by Crippen LogP contribution is -2.58. The zero-order valence-electron chi connectivity index (χ0n) is 13.0. The van der Waals surface area contributed by atoms with Crippen LogP contribution in [-0.2, 0) is 4.79 Å². The highest BCUT2D eigenvalue weighted by Gasteiger charge is 2.53. The quantitative estimate of drug-likeness (QED) is 0.738. The molecule has 0 saturated heterocycles. The van der Waals surface area contributed by atoms with Gasteiger partial charge >= 0.3 is 6.03 Å². The fraction of sp³-hybridized carbons (Fsp3) is 0.875. The van der Waals surface area contributed by atoms with Crippen molar-refractivity contribution in [3.8, 4) is 0 Å². The molecule has 4 rings (SSSR count). The van der Waals surface area contributed by atoms with Crippen molar-refractivity contribution in [1.82, 2.24) is 10.6 Å². The molecule has 21 heavy (non-hydrogen) atoms. The summed E-state index contributed by atoms with van der Waals surface area (Å²) in [4.78, 5) is 23.1. The summed E-state index contributed by atoms with van der Waals surface area (Å²) >= 11 is 0. The molecule has 0 aromatic heterocycles. The summed E-state index contributed by atoms with van der Waals surface area (Å²) in [5, 5.41) is 5.58. The van der Waals surface area contributed by atoms with Crippen molar-refractivity contribution in [2.75, 3.05) is 0 Å².